The minimum atomic E-state index is -0.719. The van der Waals surface area contributed by atoms with Gasteiger partial charge < -0.3 is 10.1 Å². The van der Waals surface area contributed by atoms with E-state index in [1.807, 2.05) is 12.1 Å². The molecule has 34 heavy (non-hydrogen) atoms. The smallest absolute Gasteiger partial charge is 0.331 e. The van der Waals surface area contributed by atoms with Crippen molar-refractivity contribution in [2.75, 3.05) is 23.4 Å². The van der Waals surface area contributed by atoms with Crippen molar-refractivity contribution in [2.45, 2.75) is 13.5 Å². The molecule has 0 aliphatic carbocycles. The lowest BCUT2D eigenvalue weighted by Crippen LogP contribution is -2.43. The predicted molar refractivity (Wildman–Crippen MR) is 130 cm³/mol. The lowest BCUT2D eigenvalue weighted by Gasteiger charge is -2.28. The summed E-state index contributed by atoms with van der Waals surface area (Å²) in [6.07, 6.45) is 2.69. The molecule has 0 radical (unpaired) electrons. The number of ether oxygens (including phenoxy) is 1. The lowest BCUT2D eigenvalue weighted by molar-refractivity contribution is -0.143. The van der Waals surface area contributed by atoms with Crippen LogP contribution in [-0.2, 0) is 25.7 Å². The summed E-state index contributed by atoms with van der Waals surface area (Å²) in [5, 5.41) is 8.12. The first-order valence-corrected chi connectivity index (χ1v) is 11.1. The number of hydrogen-bond acceptors (Lipinski definition) is 5. The molecule has 0 saturated carbocycles. The van der Waals surface area contributed by atoms with Crippen molar-refractivity contribution in [1.82, 2.24) is 9.78 Å². The number of halogens is 2. The van der Waals surface area contributed by atoms with Crippen LogP contribution in [0.1, 0.15) is 16.8 Å². The highest BCUT2D eigenvalue weighted by atomic mass is 35.5. The summed E-state index contributed by atoms with van der Waals surface area (Å²) >= 11 is 12.4. The highest BCUT2D eigenvalue weighted by molar-refractivity contribution is 6.31. The van der Waals surface area contributed by atoms with Crippen LogP contribution in [0.15, 0.2) is 54.6 Å². The van der Waals surface area contributed by atoms with E-state index in [1.54, 1.807) is 48.0 Å². The van der Waals surface area contributed by atoms with E-state index in [2.05, 4.69) is 10.4 Å². The number of nitrogens with one attached hydrogen (secondary N) is 1. The van der Waals surface area contributed by atoms with Crippen LogP contribution in [0.2, 0.25) is 10.2 Å². The Morgan fingerprint density at radius 2 is 1.88 bits per heavy atom. The number of para-hydroxylation sites is 2. The van der Waals surface area contributed by atoms with E-state index in [1.165, 1.54) is 17.1 Å². The number of carbonyl (C=O) groups excluding carboxylic acids is 3. The van der Waals surface area contributed by atoms with Crippen molar-refractivity contribution < 1.29 is 19.1 Å². The molecule has 0 atom stereocenters. The van der Waals surface area contributed by atoms with Crippen LogP contribution < -0.4 is 10.2 Å². The second-order valence-electron chi connectivity index (χ2n) is 7.56. The number of benzene rings is 2. The maximum Gasteiger partial charge on any atom is 0.331 e. The molecule has 4 rings (SSSR count). The number of anilines is 2. The van der Waals surface area contributed by atoms with E-state index in [4.69, 9.17) is 27.9 Å². The molecule has 0 fully saturated rings. The summed E-state index contributed by atoms with van der Waals surface area (Å²) < 4.78 is 6.71. The standard InChI is InChI=1S/C24H20Cl2N4O4/c1-15-18(24(26)30(28-15)12-16-6-8-17(25)9-7-16)10-11-23(33)34-14-22(32)29-13-21(31)27-19-4-2-3-5-20(19)29/h2-11H,12-14H2,1H3,(H,27,31)/b11-10+. The fourth-order valence-electron chi connectivity index (χ4n) is 3.49. The first-order valence-electron chi connectivity index (χ1n) is 10.3. The van der Waals surface area contributed by atoms with Crippen LogP contribution in [-0.4, -0.2) is 40.7 Å². The molecule has 2 aromatic carbocycles. The van der Waals surface area contributed by atoms with Gasteiger partial charge in [0.15, 0.2) is 6.61 Å². The quantitative estimate of drug-likeness (QED) is 0.408. The van der Waals surface area contributed by atoms with Gasteiger partial charge in [-0.1, -0.05) is 47.5 Å². The van der Waals surface area contributed by atoms with Gasteiger partial charge in [-0.15, -0.1) is 0 Å². The van der Waals surface area contributed by atoms with Crippen molar-refractivity contribution in [2.24, 2.45) is 0 Å². The Morgan fingerprint density at radius 3 is 2.65 bits per heavy atom. The van der Waals surface area contributed by atoms with Gasteiger partial charge in [0.2, 0.25) is 5.91 Å². The summed E-state index contributed by atoms with van der Waals surface area (Å²) in [5.41, 5.74) is 3.25. The zero-order valence-electron chi connectivity index (χ0n) is 18.1. The Morgan fingerprint density at radius 1 is 1.15 bits per heavy atom. The maximum absolute atomic E-state index is 12.6. The molecule has 1 N–H and O–H groups in total. The Balaban J connectivity index is 1.38. The third kappa shape index (κ3) is 5.30. The van der Waals surface area contributed by atoms with Crippen LogP contribution in [0.4, 0.5) is 11.4 Å². The molecule has 3 aromatic rings. The Kier molecular flexibility index (Phi) is 7.00. The largest absolute Gasteiger partial charge is 0.452 e. The summed E-state index contributed by atoms with van der Waals surface area (Å²) in [6, 6.07) is 14.2. The van der Waals surface area contributed by atoms with Gasteiger partial charge in [0.25, 0.3) is 5.91 Å². The van der Waals surface area contributed by atoms with E-state index >= 15 is 0 Å². The number of esters is 1. The molecule has 2 heterocycles. The highest BCUT2D eigenvalue weighted by Crippen LogP contribution is 2.29. The van der Waals surface area contributed by atoms with E-state index in [0.717, 1.165) is 5.56 Å². The van der Waals surface area contributed by atoms with Crippen molar-refractivity contribution in [3.05, 3.63) is 81.6 Å². The van der Waals surface area contributed by atoms with E-state index < -0.39 is 18.5 Å². The second-order valence-corrected chi connectivity index (χ2v) is 8.35. The molecule has 2 amide bonds. The molecule has 10 heteroatoms. The van der Waals surface area contributed by atoms with Crippen LogP contribution in [0.5, 0.6) is 0 Å². The molecule has 1 aliphatic rings. The molecule has 1 aromatic heterocycles. The molecular formula is C24H20Cl2N4O4. The maximum atomic E-state index is 12.6. The van der Waals surface area contributed by atoms with Gasteiger partial charge in [0.05, 0.1) is 23.6 Å². The van der Waals surface area contributed by atoms with Crippen LogP contribution in [0.3, 0.4) is 0 Å². The predicted octanol–water partition coefficient (Wildman–Crippen LogP) is 4.09. The van der Waals surface area contributed by atoms with Gasteiger partial charge >= 0.3 is 5.97 Å². The molecule has 0 spiro atoms. The number of carbonyl (C=O) groups is 3. The summed E-state index contributed by atoms with van der Waals surface area (Å²) in [4.78, 5) is 38.0. The highest BCUT2D eigenvalue weighted by Gasteiger charge is 2.27. The zero-order valence-corrected chi connectivity index (χ0v) is 19.6. The van der Waals surface area contributed by atoms with Crippen LogP contribution >= 0.6 is 23.2 Å². The average molecular weight is 499 g/mol. The van der Waals surface area contributed by atoms with Gasteiger partial charge in [0, 0.05) is 16.7 Å². The fraction of sp³-hybridized carbons (Fsp3) is 0.167. The minimum absolute atomic E-state index is 0.148. The number of rotatable bonds is 6. The van der Waals surface area contributed by atoms with Crippen molar-refractivity contribution in [3.8, 4) is 0 Å². The Hall–Kier alpha value is -3.62. The molecule has 1 aliphatic heterocycles. The topological polar surface area (TPSA) is 93.5 Å². The number of aromatic nitrogens is 2. The number of nitrogens with zero attached hydrogens (tertiary/aromatic N) is 3. The number of hydrogen-bond donors (Lipinski definition) is 1. The van der Waals surface area contributed by atoms with Gasteiger partial charge in [-0.2, -0.15) is 5.10 Å². The monoisotopic (exact) mass is 498 g/mol. The molecule has 0 bridgehead atoms. The first kappa shape index (κ1) is 23.5. The zero-order chi connectivity index (χ0) is 24.2. The molecule has 0 unspecified atom stereocenters. The lowest BCUT2D eigenvalue weighted by atomic mass is 10.2. The van der Waals surface area contributed by atoms with Crippen LogP contribution in [0.25, 0.3) is 6.08 Å². The van der Waals surface area contributed by atoms with Gasteiger partial charge in [0.1, 0.15) is 11.7 Å². The SMILES string of the molecule is Cc1nn(Cc2ccc(Cl)cc2)c(Cl)c1/C=C/C(=O)OCC(=O)N1CC(=O)Nc2ccccc21. The number of fused-ring (bicyclic) bond motifs is 1. The van der Waals surface area contributed by atoms with Gasteiger partial charge in [-0.25, -0.2) is 9.48 Å². The Labute approximate surface area is 205 Å². The third-order valence-corrected chi connectivity index (χ3v) is 5.80. The van der Waals surface area contributed by atoms with Crippen molar-refractivity contribution >= 4 is 58.4 Å². The summed E-state index contributed by atoms with van der Waals surface area (Å²) in [5.74, 6) is -1.54. The van der Waals surface area contributed by atoms with E-state index in [-0.39, 0.29) is 12.5 Å². The first-order chi connectivity index (χ1) is 16.3. The fourth-order valence-corrected chi connectivity index (χ4v) is 3.91. The second kappa shape index (κ2) is 10.1. The summed E-state index contributed by atoms with van der Waals surface area (Å²) in [6.45, 7) is 1.56. The third-order valence-electron chi connectivity index (χ3n) is 5.15. The van der Waals surface area contributed by atoms with Crippen molar-refractivity contribution in [3.63, 3.8) is 0 Å². The average Bonchev–Trinajstić information content (AvgIpc) is 3.08. The van der Waals surface area contributed by atoms with E-state index in [0.29, 0.717) is 39.4 Å². The molecule has 8 nitrogen and oxygen atoms in total. The van der Waals surface area contributed by atoms with Crippen LogP contribution in [0, 0.1) is 6.92 Å². The number of aryl methyl sites for hydroxylation is 1. The molecule has 0 saturated heterocycles. The minimum Gasteiger partial charge on any atom is -0.452 e. The van der Waals surface area contributed by atoms with Gasteiger partial charge in [-0.05, 0) is 42.8 Å². The normalized spacial score (nSPS) is 13.0. The Bertz CT molecular complexity index is 1280. The van der Waals surface area contributed by atoms with Gasteiger partial charge in [-0.3, -0.25) is 14.5 Å². The number of amides is 2. The van der Waals surface area contributed by atoms with Crippen molar-refractivity contribution in [1.29, 1.82) is 0 Å². The molecular weight excluding hydrogens is 479 g/mol. The molecule has 174 valence electrons. The summed E-state index contributed by atoms with van der Waals surface area (Å²) in [7, 11) is 0. The van der Waals surface area contributed by atoms with E-state index in [9.17, 15) is 14.4 Å².